The Morgan fingerprint density at radius 3 is 2.47 bits per heavy atom. The van der Waals surface area contributed by atoms with Crippen LogP contribution in [0.25, 0.3) is 0 Å². The van der Waals surface area contributed by atoms with Crippen molar-refractivity contribution in [3.63, 3.8) is 0 Å². The molecular weight excluding hydrogens is 446 g/mol. The maximum atomic E-state index is 13.3. The monoisotopic (exact) mass is 477 g/mol. The summed E-state index contributed by atoms with van der Waals surface area (Å²) in [5.74, 6) is 0.644. The minimum atomic E-state index is -3.53. The summed E-state index contributed by atoms with van der Waals surface area (Å²) in [7, 11) is -1.88. The summed E-state index contributed by atoms with van der Waals surface area (Å²) in [6, 6.07) is 11.5. The molecule has 4 rings (SSSR count). The first-order valence-electron chi connectivity index (χ1n) is 11.1. The fourth-order valence-electron chi connectivity index (χ4n) is 4.49. The van der Waals surface area contributed by atoms with E-state index < -0.39 is 10.0 Å². The number of amides is 1. The Bertz CT molecular complexity index is 1040. The van der Waals surface area contributed by atoms with Gasteiger partial charge in [0, 0.05) is 49.8 Å². The van der Waals surface area contributed by atoms with Gasteiger partial charge in [-0.15, -0.1) is 11.3 Å². The van der Waals surface area contributed by atoms with E-state index in [0.29, 0.717) is 30.3 Å². The molecule has 2 fully saturated rings. The van der Waals surface area contributed by atoms with Gasteiger partial charge in [0.05, 0.1) is 13.0 Å². The summed E-state index contributed by atoms with van der Waals surface area (Å²) in [6.45, 7) is 5.67. The lowest BCUT2D eigenvalue weighted by atomic mass is 9.98. The first kappa shape index (κ1) is 23.1. The highest BCUT2D eigenvalue weighted by Gasteiger charge is 2.36. The van der Waals surface area contributed by atoms with E-state index >= 15 is 0 Å². The molecule has 2 aliphatic heterocycles. The largest absolute Gasteiger partial charge is 0.497 e. The number of hydrogen-bond acceptors (Lipinski definition) is 6. The molecule has 0 saturated carbocycles. The standard InChI is InChI=1S/C23H31N3O4S2/c1-18-6-11-22(31-18)32(28,29)26-14-3-5-19(17-26)23(27)25-13-4-12-24(15-16-25)20-7-9-21(30-2)10-8-20/h6-11,19H,3-5,12-17H2,1-2H3. The van der Waals surface area contributed by atoms with Crippen LogP contribution in [0.4, 0.5) is 5.69 Å². The third kappa shape index (κ3) is 4.94. The molecular formula is C23H31N3O4S2. The number of thiophene rings is 1. The van der Waals surface area contributed by atoms with Gasteiger partial charge in [0.25, 0.3) is 10.0 Å². The fourth-order valence-corrected chi connectivity index (χ4v) is 7.45. The number of methoxy groups -OCH3 is 1. The zero-order valence-electron chi connectivity index (χ0n) is 18.7. The number of piperidine rings is 1. The molecule has 1 unspecified atom stereocenters. The van der Waals surface area contributed by atoms with E-state index in [-0.39, 0.29) is 18.4 Å². The minimum absolute atomic E-state index is 0.0869. The number of ether oxygens (including phenoxy) is 1. The van der Waals surface area contributed by atoms with Crippen LogP contribution in [0.1, 0.15) is 24.1 Å². The van der Waals surface area contributed by atoms with E-state index in [9.17, 15) is 13.2 Å². The molecule has 2 aliphatic rings. The van der Waals surface area contributed by atoms with Gasteiger partial charge >= 0.3 is 0 Å². The van der Waals surface area contributed by atoms with Gasteiger partial charge in [-0.25, -0.2) is 8.42 Å². The lowest BCUT2D eigenvalue weighted by Crippen LogP contribution is -2.47. The van der Waals surface area contributed by atoms with Crippen LogP contribution in [0.15, 0.2) is 40.6 Å². The molecule has 1 aromatic carbocycles. The zero-order valence-corrected chi connectivity index (χ0v) is 20.3. The van der Waals surface area contributed by atoms with Gasteiger partial charge in [-0.2, -0.15) is 4.31 Å². The van der Waals surface area contributed by atoms with Crippen molar-refractivity contribution < 1.29 is 17.9 Å². The molecule has 1 amide bonds. The highest BCUT2D eigenvalue weighted by Crippen LogP contribution is 2.29. The number of sulfonamides is 1. The Kier molecular flexibility index (Phi) is 7.07. The summed E-state index contributed by atoms with van der Waals surface area (Å²) < 4.78 is 33.2. The molecule has 1 aromatic heterocycles. The highest BCUT2D eigenvalue weighted by atomic mass is 32.2. The van der Waals surface area contributed by atoms with Crippen molar-refractivity contribution in [2.75, 3.05) is 51.3 Å². The second-order valence-electron chi connectivity index (χ2n) is 8.43. The number of hydrogen-bond donors (Lipinski definition) is 0. The van der Waals surface area contributed by atoms with Crippen LogP contribution >= 0.6 is 11.3 Å². The van der Waals surface area contributed by atoms with Gasteiger partial charge in [0.2, 0.25) is 5.91 Å². The van der Waals surface area contributed by atoms with Crippen molar-refractivity contribution in [1.82, 2.24) is 9.21 Å². The Labute approximate surface area is 194 Å². The number of nitrogens with zero attached hydrogens (tertiary/aromatic N) is 3. The van der Waals surface area contributed by atoms with Gasteiger partial charge in [-0.3, -0.25) is 4.79 Å². The van der Waals surface area contributed by atoms with Gasteiger partial charge < -0.3 is 14.5 Å². The minimum Gasteiger partial charge on any atom is -0.497 e. The number of anilines is 1. The molecule has 174 valence electrons. The van der Waals surface area contributed by atoms with Crippen LogP contribution in [0.2, 0.25) is 0 Å². The molecule has 7 nitrogen and oxygen atoms in total. The number of rotatable bonds is 5. The first-order chi connectivity index (χ1) is 15.4. The first-order valence-corrected chi connectivity index (χ1v) is 13.4. The number of carbonyl (C=O) groups excluding carboxylic acids is 1. The average Bonchev–Trinajstić information content (AvgIpc) is 3.12. The second kappa shape index (κ2) is 9.80. The molecule has 0 spiro atoms. The summed E-state index contributed by atoms with van der Waals surface area (Å²) in [5, 5.41) is 0. The lowest BCUT2D eigenvalue weighted by molar-refractivity contribution is -0.136. The topological polar surface area (TPSA) is 70.2 Å². The molecule has 0 bridgehead atoms. The normalized spacial score (nSPS) is 20.8. The molecule has 0 N–H and O–H groups in total. The molecule has 1 atom stereocenters. The van der Waals surface area contributed by atoms with Crippen LogP contribution < -0.4 is 9.64 Å². The van der Waals surface area contributed by atoms with Crippen LogP contribution in [0.3, 0.4) is 0 Å². The van der Waals surface area contributed by atoms with E-state index in [0.717, 1.165) is 42.2 Å². The van der Waals surface area contributed by atoms with Crippen LogP contribution in [-0.2, 0) is 14.8 Å². The summed E-state index contributed by atoms with van der Waals surface area (Å²) in [5.41, 5.74) is 1.13. The molecule has 9 heteroatoms. The SMILES string of the molecule is COc1ccc(N2CCCN(C(=O)C3CCCN(S(=O)(=O)c4ccc(C)s4)C3)CC2)cc1. The molecule has 32 heavy (non-hydrogen) atoms. The van der Waals surface area contributed by atoms with Crippen molar-refractivity contribution in [2.24, 2.45) is 5.92 Å². The quantitative estimate of drug-likeness (QED) is 0.662. The highest BCUT2D eigenvalue weighted by molar-refractivity contribution is 7.91. The third-order valence-electron chi connectivity index (χ3n) is 6.29. The van der Waals surface area contributed by atoms with Gasteiger partial charge in [0.15, 0.2) is 0 Å². The average molecular weight is 478 g/mol. The number of carbonyl (C=O) groups is 1. The number of aryl methyl sites for hydroxylation is 1. The van der Waals surface area contributed by atoms with E-state index in [4.69, 9.17) is 4.74 Å². The van der Waals surface area contributed by atoms with Crippen molar-refractivity contribution in [2.45, 2.75) is 30.4 Å². The van der Waals surface area contributed by atoms with Crippen LogP contribution in [0, 0.1) is 12.8 Å². The molecule has 0 radical (unpaired) electrons. The maximum absolute atomic E-state index is 13.3. The van der Waals surface area contributed by atoms with Crippen molar-refractivity contribution >= 4 is 33.0 Å². The van der Waals surface area contributed by atoms with Crippen molar-refractivity contribution in [1.29, 1.82) is 0 Å². The fraction of sp³-hybridized carbons (Fsp3) is 0.522. The van der Waals surface area contributed by atoms with Gasteiger partial charge in [-0.1, -0.05) is 0 Å². The van der Waals surface area contributed by atoms with Crippen molar-refractivity contribution in [3.05, 3.63) is 41.3 Å². The predicted octanol–water partition coefficient (Wildman–Crippen LogP) is 3.20. The summed E-state index contributed by atoms with van der Waals surface area (Å²) in [6.07, 6.45) is 2.35. The Morgan fingerprint density at radius 2 is 1.78 bits per heavy atom. The molecule has 2 saturated heterocycles. The lowest BCUT2D eigenvalue weighted by Gasteiger charge is -2.34. The van der Waals surface area contributed by atoms with Crippen molar-refractivity contribution in [3.8, 4) is 5.75 Å². The van der Waals surface area contributed by atoms with Gasteiger partial charge in [0.1, 0.15) is 9.96 Å². The van der Waals surface area contributed by atoms with E-state index in [1.54, 1.807) is 13.2 Å². The molecule has 3 heterocycles. The van der Waals surface area contributed by atoms with E-state index in [1.165, 1.54) is 15.6 Å². The molecule has 0 aliphatic carbocycles. The van der Waals surface area contributed by atoms with Gasteiger partial charge in [-0.05, 0) is 62.6 Å². The molecule has 2 aromatic rings. The Morgan fingerprint density at radius 1 is 1.00 bits per heavy atom. The summed E-state index contributed by atoms with van der Waals surface area (Å²) in [4.78, 5) is 18.5. The summed E-state index contributed by atoms with van der Waals surface area (Å²) >= 11 is 1.29. The Hall–Kier alpha value is -2.10. The van der Waals surface area contributed by atoms with E-state index in [1.807, 2.05) is 42.2 Å². The smallest absolute Gasteiger partial charge is 0.252 e. The number of benzene rings is 1. The predicted molar refractivity (Wildman–Crippen MR) is 127 cm³/mol. The van der Waals surface area contributed by atoms with Crippen LogP contribution in [0.5, 0.6) is 5.75 Å². The second-order valence-corrected chi connectivity index (χ2v) is 11.9. The Balaban J connectivity index is 1.39. The maximum Gasteiger partial charge on any atom is 0.252 e. The van der Waals surface area contributed by atoms with E-state index in [2.05, 4.69) is 4.90 Å². The van der Waals surface area contributed by atoms with Crippen LogP contribution in [-0.4, -0.2) is 69.9 Å². The zero-order chi connectivity index (χ0) is 22.7. The third-order valence-corrected chi connectivity index (χ3v) is 9.62.